The molecule has 6 aromatic carbocycles. The highest BCUT2D eigenvalue weighted by Crippen LogP contribution is 2.60. The van der Waals surface area contributed by atoms with E-state index in [-0.39, 0.29) is 0 Å². The number of hydrogen-bond donors (Lipinski definition) is 0. The van der Waals surface area contributed by atoms with Gasteiger partial charge in [-0.05, 0) is 113 Å². The van der Waals surface area contributed by atoms with E-state index in [1.807, 2.05) is 0 Å². The molecule has 0 bridgehead atoms. The van der Waals surface area contributed by atoms with Gasteiger partial charge in [-0.25, -0.2) is 0 Å². The Morgan fingerprint density at radius 1 is 0.682 bits per heavy atom. The van der Waals surface area contributed by atoms with Crippen LogP contribution < -0.4 is 0 Å². The zero-order valence-corrected chi connectivity index (χ0v) is 26.5. The van der Waals surface area contributed by atoms with Crippen molar-refractivity contribution >= 4 is 53.8 Å². The highest BCUT2D eigenvalue weighted by atomic mass is 79.9. The molecule has 0 fully saturated rings. The van der Waals surface area contributed by atoms with Gasteiger partial charge in [-0.1, -0.05) is 138 Å². The molecule has 2 atom stereocenters. The van der Waals surface area contributed by atoms with Crippen molar-refractivity contribution in [1.29, 1.82) is 0 Å². The first-order valence-corrected chi connectivity index (χ1v) is 16.5. The Balaban J connectivity index is 1.58. The topological polar surface area (TPSA) is 0 Å². The molecule has 0 N–H and O–H groups in total. The van der Waals surface area contributed by atoms with E-state index in [2.05, 4.69) is 157 Å². The standard InChI is InChI=1S/C43H31Br/c1-3-5-13-25(4-2)38-41-31-20-11-18-29-27-16-9-10-17-28(27)34(39(29)31)24-35(41)37(26-14-7-6-8-15-26)42-32-21-12-19-30-36(44)23-22-33(40(30)32)43(38)42/h4-24,27-28H,3H2,1-2H3/b13-5-,25-4+. The van der Waals surface area contributed by atoms with E-state index in [0.29, 0.717) is 11.8 Å². The zero-order chi connectivity index (χ0) is 29.5. The maximum absolute atomic E-state index is 3.90. The van der Waals surface area contributed by atoms with E-state index in [4.69, 9.17) is 0 Å². The summed E-state index contributed by atoms with van der Waals surface area (Å²) in [6, 6.07) is 32.1. The molecule has 9 rings (SSSR count). The second-order valence-corrected chi connectivity index (χ2v) is 13.1. The summed E-state index contributed by atoms with van der Waals surface area (Å²) in [5.74, 6) is 0.751. The molecule has 0 nitrogen and oxygen atoms in total. The minimum absolute atomic E-state index is 0.363. The molecule has 0 aliphatic heterocycles. The van der Waals surface area contributed by atoms with Gasteiger partial charge in [0.1, 0.15) is 0 Å². The number of allylic oxidation sites excluding steroid dienone is 8. The van der Waals surface area contributed by atoms with Gasteiger partial charge in [0.25, 0.3) is 0 Å². The van der Waals surface area contributed by atoms with E-state index in [1.165, 1.54) is 88.0 Å². The second kappa shape index (κ2) is 9.78. The minimum atomic E-state index is 0.363. The summed E-state index contributed by atoms with van der Waals surface area (Å²) in [5.41, 5.74) is 13.5. The molecule has 6 aromatic rings. The molecule has 0 spiro atoms. The van der Waals surface area contributed by atoms with Gasteiger partial charge in [0.05, 0.1) is 0 Å². The van der Waals surface area contributed by atoms with Gasteiger partial charge in [0, 0.05) is 16.3 Å². The molecule has 3 aliphatic carbocycles. The third-order valence-electron chi connectivity index (χ3n) is 10.1. The zero-order valence-electron chi connectivity index (χ0n) is 24.9. The molecule has 210 valence electrons. The number of halogens is 1. The Bertz CT molecular complexity index is 2330. The van der Waals surface area contributed by atoms with Crippen LogP contribution >= 0.6 is 15.9 Å². The average molecular weight is 628 g/mol. The van der Waals surface area contributed by atoms with Crippen molar-refractivity contribution in [2.45, 2.75) is 32.1 Å². The van der Waals surface area contributed by atoms with Crippen LogP contribution in [0.3, 0.4) is 0 Å². The van der Waals surface area contributed by atoms with Gasteiger partial charge in [-0.15, -0.1) is 0 Å². The second-order valence-electron chi connectivity index (χ2n) is 12.2. The number of rotatable bonds is 4. The Morgan fingerprint density at radius 2 is 1.43 bits per heavy atom. The Morgan fingerprint density at radius 3 is 2.23 bits per heavy atom. The average Bonchev–Trinajstić information content (AvgIpc) is 3.57. The maximum atomic E-state index is 3.90. The SMILES string of the molecule is C/C=C(\C=C/CC)c1c2c(c(-c3ccccc3)c3cc4c5c(cccc5c13)C1C=CC=CC41)-c1cccc3c(Br)ccc-2c13. The molecular formula is C43H31Br. The first-order valence-electron chi connectivity index (χ1n) is 15.8. The fourth-order valence-electron chi connectivity index (χ4n) is 8.35. The Hall–Kier alpha value is -4.46. The van der Waals surface area contributed by atoms with E-state index >= 15 is 0 Å². The van der Waals surface area contributed by atoms with Gasteiger partial charge in [0.15, 0.2) is 0 Å². The fraction of sp³-hybridized carbons (Fsp3) is 0.116. The molecular weight excluding hydrogens is 596 g/mol. The van der Waals surface area contributed by atoms with E-state index in [1.54, 1.807) is 0 Å². The summed E-state index contributed by atoms with van der Waals surface area (Å²) in [4.78, 5) is 0. The predicted molar refractivity (Wildman–Crippen MR) is 193 cm³/mol. The van der Waals surface area contributed by atoms with Gasteiger partial charge >= 0.3 is 0 Å². The predicted octanol–water partition coefficient (Wildman–Crippen LogP) is 12.9. The lowest BCUT2D eigenvalue weighted by molar-refractivity contribution is 0.769. The molecule has 2 unspecified atom stereocenters. The van der Waals surface area contributed by atoms with E-state index in [0.717, 1.165) is 10.9 Å². The van der Waals surface area contributed by atoms with E-state index < -0.39 is 0 Å². The van der Waals surface area contributed by atoms with Crippen LogP contribution in [0, 0.1) is 0 Å². The van der Waals surface area contributed by atoms with Crippen LogP contribution in [0.4, 0.5) is 0 Å². The fourth-order valence-corrected chi connectivity index (χ4v) is 8.81. The van der Waals surface area contributed by atoms with Gasteiger partial charge in [-0.2, -0.15) is 0 Å². The molecule has 0 heterocycles. The molecule has 3 aliphatic rings. The first-order chi connectivity index (χ1) is 21.7. The first kappa shape index (κ1) is 26.0. The summed E-state index contributed by atoms with van der Waals surface area (Å²) in [6.45, 7) is 4.42. The van der Waals surface area contributed by atoms with Crippen LogP contribution in [0.25, 0.3) is 71.3 Å². The summed E-state index contributed by atoms with van der Waals surface area (Å²) < 4.78 is 1.14. The summed E-state index contributed by atoms with van der Waals surface area (Å²) in [7, 11) is 0. The van der Waals surface area contributed by atoms with Gasteiger partial charge in [-0.3, -0.25) is 0 Å². The van der Waals surface area contributed by atoms with Crippen molar-refractivity contribution in [3.63, 3.8) is 0 Å². The van der Waals surface area contributed by atoms with Crippen LogP contribution in [0.5, 0.6) is 0 Å². The third-order valence-corrected chi connectivity index (χ3v) is 10.8. The largest absolute Gasteiger partial charge is 0.0842 e. The van der Waals surface area contributed by atoms with Crippen molar-refractivity contribution in [2.75, 3.05) is 0 Å². The molecule has 0 radical (unpaired) electrons. The highest BCUT2D eigenvalue weighted by Gasteiger charge is 2.36. The highest BCUT2D eigenvalue weighted by molar-refractivity contribution is 9.10. The Kier molecular flexibility index (Phi) is 5.77. The normalized spacial score (nSPS) is 17.8. The minimum Gasteiger partial charge on any atom is -0.0842 e. The van der Waals surface area contributed by atoms with Crippen molar-refractivity contribution in [3.8, 4) is 33.4 Å². The van der Waals surface area contributed by atoms with Crippen LogP contribution in [0.1, 0.15) is 48.8 Å². The smallest absolute Gasteiger partial charge is 0.0254 e. The molecule has 1 heteroatoms. The van der Waals surface area contributed by atoms with E-state index in [9.17, 15) is 0 Å². The lowest BCUT2D eigenvalue weighted by Crippen LogP contribution is -2.02. The van der Waals surface area contributed by atoms with Crippen LogP contribution in [-0.4, -0.2) is 0 Å². The number of benzene rings is 6. The quantitative estimate of drug-likeness (QED) is 0.135. The number of hydrogen-bond acceptors (Lipinski definition) is 0. The molecule has 0 amide bonds. The lowest BCUT2D eigenvalue weighted by Gasteiger charge is -2.23. The molecule has 44 heavy (non-hydrogen) atoms. The third kappa shape index (κ3) is 3.39. The van der Waals surface area contributed by atoms with Crippen LogP contribution in [0.2, 0.25) is 0 Å². The van der Waals surface area contributed by atoms with Crippen molar-refractivity contribution in [2.24, 2.45) is 0 Å². The summed E-state index contributed by atoms with van der Waals surface area (Å²) in [6.07, 6.45) is 17.3. The van der Waals surface area contributed by atoms with Crippen molar-refractivity contribution in [3.05, 3.63) is 149 Å². The Labute approximate surface area is 266 Å². The molecule has 0 saturated carbocycles. The molecule has 0 saturated heterocycles. The molecule has 0 aromatic heterocycles. The van der Waals surface area contributed by atoms with Gasteiger partial charge in [0.2, 0.25) is 0 Å². The summed E-state index contributed by atoms with van der Waals surface area (Å²) >= 11 is 3.90. The van der Waals surface area contributed by atoms with Crippen LogP contribution in [-0.2, 0) is 0 Å². The van der Waals surface area contributed by atoms with Gasteiger partial charge < -0.3 is 0 Å². The maximum Gasteiger partial charge on any atom is 0.0254 e. The monoisotopic (exact) mass is 626 g/mol. The number of fused-ring (bicyclic) bond motifs is 8. The lowest BCUT2D eigenvalue weighted by atomic mass is 9.79. The van der Waals surface area contributed by atoms with Crippen LogP contribution in [0.15, 0.2) is 132 Å². The van der Waals surface area contributed by atoms with Crippen molar-refractivity contribution in [1.82, 2.24) is 0 Å². The van der Waals surface area contributed by atoms with Crippen molar-refractivity contribution < 1.29 is 0 Å². The summed E-state index contributed by atoms with van der Waals surface area (Å²) in [5, 5.41) is 8.15.